The standard InChI is InChI=1S/C41H40BF10P/c1-19-13-22(4)39(23(5)14-19)53(40-24(6)15-20(2)16-25(40)7)18-21(3)17-26(53)42(12-11-41(8,9)10,27-29(43)33(47)37(51)34(48)30(27)44)28-31(45)35(49)38(52)36(50)32(28)46/h11-17,26H,18H2,1-10H3/b12-11+. The molecule has 1 heterocycles. The number of rotatable bonds is 6. The van der Waals surface area contributed by atoms with E-state index in [4.69, 9.17) is 0 Å². The quantitative estimate of drug-likeness (QED) is 0.0458. The van der Waals surface area contributed by atoms with Crippen LogP contribution in [0.1, 0.15) is 61.1 Å². The van der Waals surface area contributed by atoms with Gasteiger partial charge in [-0.25, -0.2) is 49.9 Å². The first kappa shape index (κ1) is 40.3. The molecule has 0 amide bonds. The summed E-state index contributed by atoms with van der Waals surface area (Å²) in [5.74, 6) is -23.6. The molecule has 5 rings (SSSR count). The number of hydrogen-bond donors (Lipinski definition) is 0. The molecule has 4 aromatic carbocycles. The number of benzene rings is 4. The average Bonchev–Trinajstić information content (AvgIpc) is 3.38. The Morgan fingerprint density at radius 3 is 1.13 bits per heavy atom. The third-order valence-corrected chi connectivity index (χ3v) is 16.1. The molecule has 0 saturated carbocycles. The maximum atomic E-state index is 16.7. The molecular formula is C41H40BF10P. The van der Waals surface area contributed by atoms with E-state index in [1.54, 1.807) is 55.4 Å². The highest BCUT2D eigenvalue weighted by Crippen LogP contribution is 2.70. The molecule has 1 aliphatic heterocycles. The Bertz CT molecular complexity index is 2020. The monoisotopic (exact) mass is 764 g/mol. The molecule has 1 atom stereocenters. The minimum atomic E-state index is -4.36. The van der Waals surface area contributed by atoms with Gasteiger partial charge in [-0.1, -0.05) is 62.2 Å². The highest BCUT2D eigenvalue weighted by Gasteiger charge is 2.62. The summed E-state index contributed by atoms with van der Waals surface area (Å²) >= 11 is 0. The maximum absolute atomic E-state index is 16.7. The van der Waals surface area contributed by atoms with Crippen molar-refractivity contribution in [2.75, 3.05) is 6.16 Å². The zero-order valence-electron chi connectivity index (χ0n) is 31.1. The molecule has 282 valence electrons. The van der Waals surface area contributed by atoms with E-state index in [2.05, 4.69) is 0 Å². The van der Waals surface area contributed by atoms with Crippen molar-refractivity contribution in [2.45, 2.75) is 74.8 Å². The van der Waals surface area contributed by atoms with Crippen LogP contribution >= 0.6 is 7.26 Å². The molecule has 0 N–H and O–H groups in total. The highest BCUT2D eigenvalue weighted by molar-refractivity contribution is 7.93. The van der Waals surface area contributed by atoms with Crippen LogP contribution in [0, 0.1) is 105 Å². The Balaban J connectivity index is 2.25. The lowest BCUT2D eigenvalue weighted by molar-refractivity contribution is 0.381. The topological polar surface area (TPSA) is 0 Å². The molecule has 0 radical (unpaired) electrons. The van der Waals surface area contributed by atoms with Gasteiger partial charge in [-0.2, -0.15) is 0 Å². The Labute approximate surface area is 304 Å². The Kier molecular flexibility index (Phi) is 10.5. The van der Waals surface area contributed by atoms with Gasteiger partial charge >= 0.3 is 0 Å². The van der Waals surface area contributed by atoms with Crippen LogP contribution in [0.25, 0.3) is 0 Å². The predicted octanol–water partition coefficient (Wildman–Crippen LogP) is 10.2. The minimum absolute atomic E-state index is 0.102. The van der Waals surface area contributed by atoms with Gasteiger partial charge in [-0.05, 0) is 87.3 Å². The summed E-state index contributed by atoms with van der Waals surface area (Å²) in [6.45, 7) is 17.3. The summed E-state index contributed by atoms with van der Waals surface area (Å²) in [5, 5.41) is 1.25. The fourth-order valence-corrected chi connectivity index (χ4v) is 15.7. The average molecular weight is 765 g/mol. The molecular weight excluding hydrogens is 724 g/mol. The van der Waals surface area contributed by atoms with Gasteiger partial charge in [0.25, 0.3) is 0 Å². The van der Waals surface area contributed by atoms with Crippen LogP contribution in [0.15, 0.2) is 48.0 Å². The van der Waals surface area contributed by atoms with E-state index in [-0.39, 0.29) is 6.16 Å². The molecule has 4 aromatic rings. The Morgan fingerprint density at radius 2 is 0.830 bits per heavy atom. The second-order valence-corrected chi connectivity index (χ2v) is 19.3. The summed E-state index contributed by atoms with van der Waals surface area (Å²) < 4.78 is 159. The summed E-state index contributed by atoms with van der Waals surface area (Å²) in [5.41, 5.74) is -1.08. The van der Waals surface area contributed by atoms with Crippen LogP contribution in [0.4, 0.5) is 43.9 Å². The van der Waals surface area contributed by atoms with E-state index in [1.807, 2.05) is 38.1 Å². The molecule has 1 unspecified atom stereocenters. The number of halogens is 10. The van der Waals surface area contributed by atoms with Gasteiger partial charge in [0.2, 0.25) is 0 Å². The van der Waals surface area contributed by atoms with Crippen molar-refractivity contribution in [1.29, 1.82) is 0 Å². The van der Waals surface area contributed by atoms with Gasteiger partial charge in [0.1, 0.15) is 40.0 Å². The van der Waals surface area contributed by atoms with Gasteiger partial charge in [-0.15, -0.1) is 17.0 Å². The van der Waals surface area contributed by atoms with Crippen LogP contribution in [0.5, 0.6) is 0 Å². The van der Waals surface area contributed by atoms with Crippen LogP contribution in [0.2, 0.25) is 0 Å². The number of aryl methyl sites for hydroxylation is 6. The van der Waals surface area contributed by atoms with Crippen molar-refractivity contribution in [3.05, 3.63) is 140 Å². The van der Waals surface area contributed by atoms with E-state index in [0.717, 1.165) is 17.1 Å². The van der Waals surface area contributed by atoms with E-state index >= 15 is 35.1 Å². The maximum Gasteiger partial charge on any atom is 0.200 e. The van der Waals surface area contributed by atoms with Crippen LogP contribution < -0.4 is 21.5 Å². The zero-order chi connectivity index (χ0) is 39.9. The van der Waals surface area contributed by atoms with Gasteiger partial charge in [0.15, 0.2) is 34.9 Å². The highest BCUT2D eigenvalue weighted by atomic mass is 31.2. The first-order valence-corrected chi connectivity index (χ1v) is 19.1. The van der Waals surface area contributed by atoms with Gasteiger partial charge in [-0.3, -0.25) is 0 Å². The van der Waals surface area contributed by atoms with Crippen molar-refractivity contribution < 1.29 is 43.9 Å². The third-order valence-electron chi connectivity index (χ3n) is 10.4. The molecule has 0 nitrogen and oxygen atoms in total. The van der Waals surface area contributed by atoms with Gasteiger partial charge in [0.05, 0.1) is 13.4 Å². The SMILES string of the molecule is CC1=CC([B-](/C=C/C(C)(C)C)(c2c(F)c(F)c(F)c(F)c2F)c2c(F)c(F)c(F)c(F)c2F)[P+](c2c(C)cc(C)cc2C)(c2c(C)cc(C)cc2C)C1. The van der Waals surface area contributed by atoms with E-state index < -0.39 is 93.5 Å². The molecule has 0 saturated heterocycles. The van der Waals surface area contributed by atoms with Gasteiger partial charge < -0.3 is 0 Å². The van der Waals surface area contributed by atoms with Crippen LogP contribution in [-0.2, 0) is 0 Å². The second kappa shape index (κ2) is 13.8. The minimum Gasteiger partial charge on any atom is -0.235 e. The lowest BCUT2D eigenvalue weighted by Crippen LogP contribution is -2.71. The van der Waals surface area contributed by atoms with Crippen molar-refractivity contribution >= 4 is 34.9 Å². The fourth-order valence-electron chi connectivity index (χ4n) is 9.01. The summed E-state index contributed by atoms with van der Waals surface area (Å²) in [4.78, 5) is 0. The molecule has 1 aliphatic rings. The van der Waals surface area contributed by atoms with Crippen molar-refractivity contribution in [3.8, 4) is 0 Å². The largest absolute Gasteiger partial charge is 0.235 e. The number of allylic oxidation sites excluding steroid dienone is 3. The van der Waals surface area contributed by atoms with Crippen LogP contribution in [0.3, 0.4) is 0 Å². The second-order valence-electron chi connectivity index (χ2n) is 15.7. The lowest BCUT2D eigenvalue weighted by Gasteiger charge is -2.49. The normalized spacial score (nSPS) is 16.2. The molecule has 0 aliphatic carbocycles. The van der Waals surface area contributed by atoms with E-state index in [0.29, 0.717) is 38.4 Å². The summed E-state index contributed by atoms with van der Waals surface area (Å²) in [7, 11) is -3.57. The first-order valence-electron chi connectivity index (χ1n) is 17.1. The van der Waals surface area contributed by atoms with Crippen molar-refractivity contribution in [2.24, 2.45) is 5.41 Å². The third kappa shape index (κ3) is 6.25. The smallest absolute Gasteiger partial charge is 0.200 e. The van der Waals surface area contributed by atoms with Crippen molar-refractivity contribution in [1.82, 2.24) is 0 Å². The molecule has 12 heteroatoms. The Morgan fingerprint density at radius 1 is 0.528 bits per heavy atom. The number of hydrogen-bond acceptors (Lipinski definition) is 0. The molecule has 53 heavy (non-hydrogen) atoms. The fraction of sp³-hybridized carbons (Fsp3) is 0.317. The van der Waals surface area contributed by atoms with Crippen molar-refractivity contribution in [3.63, 3.8) is 0 Å². The molecule has 0 bridgehead atoms. The molecule has 0 fully saturated rings. The van der Waals surface area contributed by atoms with E-state index in [1.165, 1.54) is 12.2 Å². The lowest BCUT2D eigenvalue weighted by atomic mass is 9.16. The van der Waals surface area contributed by atoms with Crippen LogP contribution in [-0.4, -0.2) is 17.9 Å². The Hall–Kier alpha value is -3.85. The summed E-state index contributed by atoms with van der Waals surface area (Å²) in [6, 6.07) is 7.41. The zero-order valence-corrected chi connectivity index (χ0v) is 32.0. The first-order chi connectivity index (χ1) is 24.4. The van der Waals surface area contributed by atoms with Gasteiger partial charge in [0, 0.05) is 0 Å². The molecule has 0 aromatic heterocycles. The van der Waals surface area contributed by atoms with E-state index in [9.17, 15) is 8.78 Å². The summed E-state index contributed by atoms with van der Waals surface area (Å²) in [6.07, 6.45) is -1.51. The molecule has 0 spiro atoms. The predicted molar refractivity (Wildman–Crippen MR) is 196 cm³/mol.